The van der Waals surface area contributed by atoms with Gasteiger partial charge in [0.25, 0.3) is 0 Å². The van der Waals surface area contributed by atoms with Gasteiger partial charge in [-0.1, -0.05) is 214 Å². The molecular formula is C62H44O. The first-order valence-corrected chi connectivity index (χ1v) is 22.0. The average molecular weight is 805 g/mol. The van der Waals surface area contributed by atoms with Gasteiger partial charge in [0.15, 0.2) is 0 Å². The van der Waals surface area contributed by atoms with Crippen LogP contribution in [-0.4, -0.2) is 0 Å². The minimum atomic E-state index is -0.206. The normalized spacial score (nSPS) is 13.3. The van der Waals surface area contributed by atoms with Crippen LogP contribution in [0.1, 0.15) is 47.6 Å². The van der Waals surface area contributed by atoms with Crippen LogP contribution in [0.3, 0.4) is 0 Å². The Bertz CT molecular complexity index is 3500. The predicted octanol–water partition coefficient (Wildman–Crippen LogP) is 16.9. The summed E-state index contributed by atoms with van der Waals surface area (Å²) >= 11 is 0. The van der Waals surface area contributed by atoms with Crippen LogP contribution in [0.5, 0.6) is 0 Å². The van der Waals surface area contributed by atoms with E-state index in [9.17, 15) is 0 Å². The van der Waals surface area contributed by atoms with Crippen LogP contribution in [-0.2, 0) is 5.41 Å². The molecule has 1 nitrogen and oxygen atoms in total. The molecule has 1 aromatic heterocycles. The van der Waals surface area contributed by atoms with Crippen molar-refractivity contribution in [3.63, 3.8) is 0 Å². The lowest BCUT2D eigenvalue weighted by Crippen LogP contribution is -2.16. The van der Waals surface area contributed by atoms with E-state index in [4.69, 9.17) is 4.42 Å². The molecule has 298 valence electrons. The molecule has 63 heavy (non-hydrogen) atoms. The van der Waals surface area contributed by atoms with Crippen LogP contribution in [0.15, 0.2) is 229 Å². The molecule has 1 unspecified atom stereocenters. The minimum Gasteiger partial charge on any atom is -0.456 e. The number of benzene rings is 10. The highest BCUT2D eigenvalue weighted by Gasteiger charge is 2.37. The van der Waals surface area contributed by atoms with Crippen molar-refractivity contribution in [2.24, 2.45) is 0 Å². The van der Waals surface area contributed by atoms with Gasteiger partial charge in [-0.15, -0.1) is 0 Å². The monoisotopic (exact) mass is 804 g/mol. The van der Waals surface area contributed by atoms with Crippen LogP contribution in [0.4, 0.5) is 0 Å². The Morgan fingerprint density at radius 1 is 0.317 bits per heavy atom. The maximum Gasteiger partial charge on any atom is 0.135 e. The van der Waals surface area contributed by atoms with E-state index < -0.39 is 0 Å². The fourth-order valence-corrected chi connectivity index (χ4v) is 10.4. The second-order valence-electron chi connectivity index (χ2n) is 17.6. The second kappa shape index (κ2) is 14.7. The van der Waals surface area contributed by atoms with E-state index >= 15 is 0 Å². The fraction of sp³-hybridized carbons (Fsp3) is 0.0645. The zero-order valence-corrected chi connectivity index (χ0v) is 35.3. The van der Waals surface area contributed by atoms with Gasteiger partial charge in [0.1, 0.15) is 11.2 Å². The third kappa shape index (κ3) is 6.23. The van der Waals surface area contributed by atoms with E-state index in [-0.39, 0.29) is 11.3 Å². The van der Waals surface area contributed by atoms with Crippen molar-refractivity contribution in [3.8, 4) is 55.6 Å². The summed E-state index contributed by atoms with van der Waals surface area (Å²) in [6.07, 6.45) is 0. The first-order valence-electron chi connectivity index (χ1n) is 22.0. The zero-order valence-electron chi connectivity index (χ0n) is 35.3. The molecule has 10 aromatic carbocycles. The van der Waals surface area contributed by atoms with Crippen LogP contribution in [0.2, 0.25) is 0 Å². The molecule has 0 radical (unpaired) electrons. The SMILES string of the molecule is CC1(C)c2cc(-c3ccc4oc5ccccc5c4c3)ccc2-c2ccc(C(c3ccc(-c4ccc(-c5ccccc5)cc4)cc3)c3ccc(-c4ccccc4)c4ccccc34)cc21. The van der Waals surface area contributed by atoms with Gasteiger partial charge in [-0.3, -0.25) is 0 Å². The summed E-state index contributed by atoms with van der Waals surface area (Å²) in [6.45, 7) is 4.80. The Hall–Kier alpha value is -7.74. The highest BCUT2D eigenvalue weighted by atomic mass is 16.3. The summed E-state index contributed by atoms with van der Waals surface area (Å²) in [5, 5.41) is 4.85. The molecule has 1 heterocycles. The van der Waals surface area contributed by atoms with Crippen LogP contribution < -0.4 is 0 Å². The topological polar surface area (TPSA) is 13.1 Å². The number of rotatable bonds is 7. The number of para-hydroxylation sites is 1. The van der Waals surface area contributed by atoms with Crippen molar-refractivity contribution >= 4 is 32.7 Å². The van der Waals surface area contributed by atoms with E-state index in [0.29, 0.717) is 0 Å². The molecule has 0 bridgehead atoms. The van der Waals surface area contributed by atoms with Crippen molar-refractivity contribution in [2.75, 3.05) is 0 Å². The molecule has 1 atom stereocenters. The Kier molecular flexibility index (Phi) is 8.66. The zero-order chi connectivity index (χ0) is 42.1. The van der Waals surface area contributed by atoms with E-state index in [1.54, 1.807) is 0 Å². The molecule has 0 saturated heterocycles. The second-order valence-corrected chi connectivity index (χ2v) is 17.6. The van der Waals surface area contributed by atoms with Gasteiger partial charge in [0.2, 0.25) is 0 Å². The maximum atomic E-state index is 6.18. The summed E-state index contributed by atoms with van der Waals surface area (Å²) in [7, 11) is 0. The molecule has 1 heteroatoms. The van der Waals surface area contributed by atoms with Crippen LogP contribution in [0.25, 0.3) is 88.3 Å². The summed E-state index contributed by atoms with van der Waals surface area (Å²) in [5.41, 5.74) is 20.7. The van der Waals surface area contributed by atoms with Crippen molar-refractivity contribution < 1.29 is 4.42 Å². The summed E-state index contributed by atoms with van der Waals surface area (Å²) in [4.78, 5) is 0. The van der Waals surface area contributed by atoms with E-state index in [1.165, 1.54) is 94.2 Å². The molecule has 0 amide bonds. The van der Waals surface area contributed by atoms with Gasteiger partial charge in [-0.05, 0) is 118 Å². The van der Waals surface area contributed by atoms with Gasteiger partial charge in [0, 0.05) is 22.1 Å². The lowest BCUT2D eigenvalue weighted by atomic mass is 9.77. The van der Waals surface area contributed by atoms with Gasteiger partial charge < -0.3 is 4.42 Å². The third-order valence-corrected chi connectivity index (χ3v) is 13.7. The van der Waals surface area contributed by atoms with E-state index in [0.717, 1.165) is 21.9 Å². The Morgan fingerprint density at radius 2 is 0.794 bits per heavy atom. The highest BCUT2D eigenvalue weighted by molar-refractivity contribution is 6.06. The molecular weight excluding hydrogens is 761 g/mol. The molecule has 1 aliphatic rings. The van der Waals surface area contributed by atoms with Gasteiger partial charge >= 0.3 is 0 Å². The first kappa shape index (κ1) is 37.1. The first-order chi connectivity index (χ1) is 31.0. The molecule has 1 aliphatic carbocycles. The van der Waals surface area contributed by atoms with Crippen molar-refractivity contribution in [1.29, 1.82) is 0 Å². The van der Waals surface area contributed by atoms with Crippen LogP contribution >= 0.6 is 0 Å². The number of furan rings is 1. The minimum absolute atomic E-state index is 0.00566. The highest BCUT2D eigenvalue weighted by Crippen LogP contribution is 2.52. The maximum absolute atomic E-state index is 6.18. The quantitative estimate of drug-likeness (QED) is 0.146. The molecule has 0 saturated carbocycles. The molecule has 0 N–H and O–H groups in total. The molecule has 0 aliphatic heterocycles. The van der Waals surface area contributed by atoms with Gasteiger partial charge in [0.05, 0.1) is 0 Å². The standard InChI is InChI=1S/C62H44O/c1-62(2)57-38-47(46-31-36-60-56(37-46)54-19-11-12-20-59(54)63-60)29-32-52(57)53-33-30-48(39-58(53)62)61(55-35-34-49(44-15-7-4-8-16-44)50-17-9-10-18-51(50)55)45-27-25-43(26-28-45)42-23-21-41(22-24-42)40-13-5-3-6-14-40/h3-39,61H,1-2H3. The Labute approximate surface area is 368 Å². The summed E-state index contributed by atoms with van der Waals surface area (Å²) in [5.74, 6) is 0.00566. The largest absolute Gasteiger partial charge is 0.456 e. The third-order valence-electron chi connectivity index (χ3n) is 13.7. The van der Waals surface area contributed by atoms with Crippen LogP contribution in [0, 0.1) is 0 Å². The Morgan fingerprint density at radius 3 is 1.51 bits per heavy atom. The number of fused-ring (bicyclic) bond motifs is 7. The lowest BCUT2D eigenvalue weighted by Gasteiger charge is -2.26. The van der Waals surface area contributed by atoms with E-state index in [1.807, 2.05) is 12.1 Å². The summed E-state index contributed by atoms with van der Waals surface area (Å²) in [6, 6.07) is 82.6. The number of hydrogen-bond donors (Lipinski definition) is 0. The fourth-order valence-electron chi connectivity index (χ4n) is 10.4. The average Bonchev–Trinajstić information content (AvgIpc) is 3.83. The number of hydrogen-bond acceptors (Lipinski definition) is 1. The van der Waals surface area contributed by atoms with Crippen molar-refractivity contribution in [3.05, 3.63) is 252 Å². The predicted molar refractivity (Wildman–Crippen MR) is 264 cm³/mol. The van der Waals surface area contributed by atoms with Gasteiger partial charge in [-0.2, -0.15) is 0 Å². The smallest absolute Gasteiger partial charge is 0.135 e. The van der Waals surface area contributed by atoms with Crippen molar-refractivity contribution in [2.45, 2.75) is 25.2 Å². The molecule has 11 aromatic rings. The van der Waals surface area contributed by atoms with E-state index in [2.05, 4.69) is 226 Å². The van der Waals surface area contributed by atoms with Crippen molar-refractivity contribution in [1.82, 2.24) is 0 Å². The molecule has 12 rings (SSSR count). The lowest BCUT2D eigenvalue weighted by molar-refractivity contribution is 0.659. The molecule has 0 fully saturated rings. The summed E-state index contributed by atoms with van der Waals surface area (Å²) < 4.78 is 6.18. The van der Waals surface area contributed by atoms with Gasteiger partial charge in [-0.25, -0.2) is 0 Å². The molecule has 0 spiro atoms. The Balaban J connectivity index is 0.961.